The summed E-state index contributed by atoms with van der Waals surface area (Å²) in [5.74, 6) is -0.867. The lowest BCUT2D eigenvalue weighted by molar-refractivity contribution is -0.144. The van der Waals surface area contributed by atoms with Crippen LogP contribution in [-0.4, -0.2) is 32.7 Å². The van der Waals surface area contributed by atoms with Gasteiger partial charge in [-0.1, -0.05) is 41.6 Å². The Balaban J connectivity index is 1.29. The molecule has 2 aromatic heterocycles. The van der Waals surface area contributed by atoms with Crippen LogP contribution in [0.4, 0.5) is 5.88 Å². The Kier molecular flexibility index (Phi) is 4.18. The molecule has 8 nitrogen and oxygen atoms in total. The van der Waals surface area contributed by atoms with Crippen molar-refractivity contribution in [2.75, 3.05) is 5.32 Å². The number of nitrogens with zero attached hydrogens (tertiary/aromatic N) is 2. The van der Waals surface area contributed by atoms with E-state index in [0.717, 1.165) is 11.1 Å². The van der Waals surface area contributed by atoms with Gasteiger partial charge in [-0.05, 0) is 31.7 Å². The second kappa shape index (κ2) is 6.77. The minimum absolute atomic E-state index is 0.139. The Bertz CT molecular complexity index is 1120. The predicted molar refractivity (Wildman–Crippen MR) is 105 cm³/mol. The van der Waals surface area contributed by atoms with Gasteiger partial charge >= 0.3 is 5.97 Å². The predicted octanol–water partition coefficient (Wildman–Crippen LogP) is 3.05. The lowest BCUT2D eigenvalue weighted by Gasteiger charge is -2.40. The summed E-state index contributed by atoms with van der Waals surface area (Å²) in [6, 6.07) is 14.6. The van der Waals surface area contributed by atoms with Crippen LogP contribution in [-0.2, 0) is 15.1 Å². The number of carbonyl (C=O) groups is 2. The van der Waals surface area contributed by atoms with Crippen LogP contribution in [0.3, 0.4) is 0 Å². The molecule has 2 aliphatic rings. The number of rotatable bonds is 3. The van der Waals surface area contributed by atoms with Gasteiger partial charge in [-0.3, -0.25) is 10.1 Å². The average Bonchev–Trinajstić information content (AvgIpc) is 3.35. The normalized spacial score (nSPS) is 25.0. The van der Waals surface area contributed by atoms with Gasteiger partial charge in [-0.25, -0.2) is 9.78 Å². The number of hydrogen-bond acceptors (Lipinski definition) is 7. The van der Waals surface area contributed by atoms with Gasteiger partial charge in [0.05, 0.1) is 0 Å². The molecule has 152 valence electrons. The van der Waals surface area contributed by atoms with Crippen molar-refractivity contribution in [3.63, 3.8) is 0 Å². The Hall–Kier alpha value is -3.52. The molecule has 1 aliphatic carbocycles. The summed E-state index contributed by atoms with van der Waals surface area (Å²) in [6.45, 7) is 0. The van der Waals surface area contributed by atoms with Crippen molar-refractivity contribution < 1.29 is 24.0 Å². The van der Waals surface area contributed by atoms with Gasteiger partial charge in [0.2, 0.25) is 5.88 Å². The Morgan fingerprint density at radius 1 is 1.07 bits per heavy atom. The fraction of sp³-hybridized carbons (Fsp3) is 0.273. The molecule has 0 atom stereocenters. The standard InChI is InChI=1S/C22H19N3O5/c26-19-18-15(7-4-12-23-18)22(29-19)10-8-21(28,9-11-22)20(27)24-17-13-16(25-30-17)14-5-2-1-3-6-14/h1-7,12-13,28H,8-11H2,(H,24,27)/t21-,22-. The molecule has 1 fully saturated rings. The first kappa shape index (κ1) is 18.5. The molecule has 1 aromatic carbocycles. The topological polar surface area (TPSA) is 115 Å². The van der Waals surface area contributed by atoms with Crippen molar-refractivity contribution in [3.05, 3.63) is 66.0 Å². The first-order valence-electron chi connectivity index (χ1n) is 9.74. The summed E-state index contributed by atoms with van der Waals surface area (Å²) in [6.07, 6.45) is 2.48. The monoisotopic (exact) mass is 405 g/mol. The van der Waals surface area contributed by atoms with E-state index < -0.39 is 23.1 Å². The van der Waals surface area contributed by atoms with Crippen molar-refractivity contribution in [2.45, 2.75) is 36.9 Å². The SMILES string of the molecule is O=C1O[C@]2(CC[C@@](O)(C(=O)Nc3cc(-c4ccccc4)no3)CC2)c2cccnc21. The van der Waals surface area contributed by atoms with Gasteiger partial charge in [0.15, 0.2) is 5.69 Å². The van der Waals surface area contributed by atoms with Crippen LogP contribution in [0.2, 0.25) is 0 Å². The summed E-state index contributed by atoms with van der Waals surface area (Å²) in [5, 5.41) is 17.5. The maximum Gasteiger partial charge on any atom is 0.358 e. The highest BCUT2D eigenvalue weighted by atomic mass is 16.6. The quantitative estimate of drug-likeness (QED) is 0.644. The number of esters is 1. The maximum atomic E-state index is 12.8. The highest BCUT2D eigenvalue weighted by molar-refractivity contribution is 5.97. The second-order valence-electron chi connectivity index (χ2n) is 7.71. The summed E-state index contributed by atoms with van der Waals surface area (Å²) in [4.78, 5) is 29.0. The van der Waals surface area contributed by atoms with Crippen LogP contribution < -0.4 is 5.32 Å². The van der Waals surface area contributed by atoms with Crippen LogP contribution in [0.15, 0.2) is 59.3 Å². The molecular weight excluding hydrogens is 386 g/mol. The molecule has 30 heavy (non-hydrogen) atoms. The summed E-state index contributed by atoms with van der Waals surface area (Å²) in [7, 11) is 0. The van der Waals surface area contributed by atoms with E-state index >= 15 is 0 Å². The fourth-order valence-electron chi connectivity index (χ4n) is 4.19. The van der Waals surface area contributed by atoms with Gasteiger partial charge in [0.25, 0.3) is 5.91 Å². The van der Waals surface area contributed by atoms with E-state index in [0.29, 0.717) is 24.2 Å². The van der Waals surface area contributed by atoms with Crippen molar-refractivity contribution in [2.24, 2.45) is 0 Å². The molecule has 1 spiro atoms. The van der Waals surface area contributed by atoms with E-state index in [1.54, 1.807) is 18.3 Å². The van der Waals surface area contributed by atoms with E-state index in [9.17, 15) is 14.7 Å². The lowest BCUT2D eigenvalue weighted by atomic mass is 9.73. The first-order chi connectivity index (χ1) is 14.5. The number of benzene rings is 1. The highest BCUT2D eigenvalue weighted by Crippen LogP contribution is 2.48. The summed E-state index contributed by atoms with van der Waals surface area (Å²) < 4.78 is 10.8. The zero-order valence-electron chi connectivity index (χ0n) is 16.0. The van der Waals surface area contributed by atoms with Crippen molar-refractivity contribution in [3.8, 4) is 11.3 Å². The van der Waals surface area contributed by atoms with Crippen LogP contribution in [0, 0.1) is 0 Å². The van der Waals surface area contributed by atoms with Crippen molar-refractivity contribution in [1.29, 1.82) is 0 Å². The van der Waals surface area contributed by atoms with Crippen LogP contribution >= 0.6 is 0 Å². The molecule has 5 rings (SSSR count). The summed E-state index contributed by atoms with van der Waals surface area (Å²) in [5.41, 5.74) is 0.0444. The minimum atomic E-state index is -1.59. The van der Waals surface area contributed by atoms with E-state index in [-0.39, 0.29) is 18.7 Å². The third kappa shape index (κ3) is 2.96. The minimum Gasteiger partial charge on any atom is -0.449 e. The van der Waals surface area contributed by atoms with Crippen molar-refractivity contribution in [1.82, 2.24) is 10.1 Å². The fourth-order valence-corrected chi connectivity index (χ4v) is 4.19. The maximum absolute atomic E-state index is 12.8. The zero-order chi connectivity index (χ0) is 20.8. The van der Waals surface area contributed by atoms with Gasteiger partial charge < -0.3 is 14.4 Å². The molecular formula is C22H19N3O5. The molecule has 1 aliphatic heterocycles. The van der Waals surface area contributed by atoms with E-state index in [4.69, 9.17) is 9.26 Å². The molecule has 8 heteroatoms. The number of pyridine rings is 1. The number of nitrogens with one attached hydrogen (secondary N) is 1. The zero-order valence-corrected chi connectivity index (χ0v) is 16.0. The van der Waals surface area contributed by atoms with Gasteiger partial charge in [-0.2, -0.15) is 0 Å². The van der Waals surface area contributed by atoms with E-state index in [1.807, 2.05) is 36.4 Å². The molecule has 2 N–H and O–H groups in total. The number of aliphatic hydroxyl groups is 1. The summed E-state index contributed by atoms with van der Waals surface area (Å²) >= 11 is 0. The number of anilines is 1. The lowest BCUT2D eigenvalue weighted by Crippen LogP contribution is -2.49. The van der Waals surface area contributed by atoms with E-state index in [1.165, 1.54) is 0 Å². The molecule has 0 saturated heterocycles. The Morgan fingerprint density at radius 2 is 1.83 bits per heavy atom. The van der Waals surface area contributed by atoms with E-state index in [2.05, 4.69) is 15.5 Å². The van der Waals surface area contributed by atoms with Gasteiger partial charge in [0, 0.05) is 23.4 Å². The number of ether oxygens (including phenoxy) is 1. The molecule has 3 aromatic rings. The van der Waals surface area contributed by atoms with Crippen molar-refractivity contribution >= 4 is 17.8 Å². The molecule has 0 radical (unpaired) electrons. The number of aromatic nitrogens is 2. The Labute approximate surface area is 171 Å². The number of amides is 1. The van der Waals surface area contributed by atoms with Crippen LogP contribution in [0.1, 0.15) is 41.7 Å². The van der Waals surface area contributed by atoms with Gasteiger partial charge in [-0.15, -0.1) is 0 Å². The smallest absolute Gasteiger partial charge is 0.358 e. The first-order valence-corrected chi connectivity index (χ1v) is 9.74. The van der Waals surface area contributed by atoms with Crippen LogP contribution in [0.25, 0.3) is 11.3 Å². The number of hydrogen-bond donors (Lipinski definition) is 2. The number of fused-ring (bicyclic) bond motifs is 2. The molecule has 1 saturated carbocycles. The number of carbonyl (C=O) groups excluding carboxylic acids is 2. The third-order valence-corrected chi connectivity index (χ3v) is 5.90. The van der Waals surface area contributed by atoms with Gasteiger partial charge in [0.1, 0.15) is 16.9 Å². The molecule has 3 heterocycles. The molecule has 1 amide bonds. The van der Waals surface area contributed by atoms with Crippen LogP contribution in [0.5, 0.6) is 0 Å². The highest BCUT2D eigenvalue weighted by Gasteiger charge is 2.53. The molecule has 0 unspecified atom stereocenters. The largest absolute Gasteiger partial charge is 0.449 e. The average molecular weight is 405 g/mol. The third-order valence-electron chi connectivity index (χ3n) is 5.90. The molecule has 0 bridgehead atoms. The second-order valence-corrected chi connectivity index (χ2v) is 7.71. The Morgan fingerprint density at radius 3 is 2.60 bits per heavy atom.